The summed E-state index contributed by atoms with van der Waals surface area (Å²) in [5.41, 5.74) is 0. The molecule has 1 saturated carbocycles. The molecule has 12 heavy (non-hydrogen) atoms. The second-order valence-corrected chi connectivity index (χ2v) is 3.28. The Hall–Kier alpha value is -0.970. The Labute approximate surface area is 73.3 Å². The van der Waals surface area contributed by atoms with Crippen LogP contribution in [0.15, 0.2) is 0 Å². The van der Waals surface area contributed by atoms with Crippen molar-refractivity contribution >= 4 is 6.47 Å². The van der Waals surface area contributed by atoms with E-state index in [9.17, 15) is 4.79 Å². The van der Waals surface area contributed by atoms with E-state index >= 15 is 0 Å². The molecule has 0 atom stereocenters. The van der Waals surface area contributed by atoms with Gasteiger partial charge in [0.05, 0.1) is 0 Å². The zero-order valence-corrected chi connectivity index (χ0v) is 7.16. The molecule has 1 rings (SSSR count). The van der Waals surface area contributed by atoms with E-state index in [1.807, 2.05) is 0 Å². The van der Waals surface area contributed by atoms with Crippen molar-refractivity contribution in [2.24, 2.45) is 5.92 Å². The fraction of sp³-hybridized carbons (Fsp3) is 0.700. The lowest BCUT2D eigenvalue weighted by molar-refractivity contribution is -0.135. The molecule has 0 bridgehead atoms. The van der Waals surface area contributed by atoms with Gasteiger partial charge in [0.1, 0.15) is 6.10 Å². The molecule has 2 nitrogen and oxygen atoms in total. The summed E-state index contributed by atoms with van der Waals surface area (Å²) >= 11 is 0. The van der Waals surface area contributed by atoms with Gasteiger partial charge in [0, 0.05) is 6.42 Å². The number of hydrogen-bond donors (Lipinski definition) is 0. The minimum atomic E-state index is 0.150. The van der Waals surface area contributed by atoms with E-state index < -0.39 is 0 Å². The summed E-state index contributed by atoms with van der Waals surface area (Å²) in [6.07, 6.45) is 10.4. The largest absolute Gasteiger partial charge is 0.465 e. The number of carbonyl (C=O) groups is 1. The molecule has 66 valence electrons. The molecule has 0 amide bonds. The number of terminal acetylenes is 1. The average Bonchev–Trinajstić information content (AvgIpc) is 2.09. The van der Waals surface area contributed by atoms with Crippen molar-refractivity contribution in [2.75, 3.05) is 0 Å². The van der Waals surface area contributed by atoms with Gasteiger partial charge >= 0.3 is 0 Å². The quantitative estimate of drug-likeness (QED) is 0.471. The maximum Gasteiger partial charge on any atom is 0.293 e. The Morgan fingerprint density at radius 1 is 1.42 bits per heavy atom. The first-order valence-electron chi connectivity index (χ1n) is 4.39. The van der Waals surface area contributed by atoms with Crippen molar-refractivity contribution in [3.05, 3.63) is 0 Å². The van der Waals surface area contributed by atoms with Gasteiger partial charge in [-0.05, 0) is 31.6 Å². The fourth-order valence-corrected chi connectivity index (χ4v) is 1.72. The minimum Gasteiger partial charge on any atom is -0.465 e. The summed E-state index contributed by atoms with van der Waals surface area (Å²) in [7, 11) is 0. The Morgan fingerprint density at radius 2 is 2.08 bits per heavy atom. The number of hydrogen-bond acceptors (Lipinski definition) is 2. The van der Waals surface area contributed by atoms with E-state index in [0.29, 0.717) is 12.4 Å². The highest BCUT2D eigenvalue weighted by molar-refractivity contribution is 5.37. The summed E-state index contributed by atoms with van der Waals surface area (Å²) in [6, 6.07) is 0. The molecule has 0 aromatic carbocycles. The standard InChI is InChI=1S/C10H14O2/c1-2-3-9-4-6-10(7-5-9)12-8-11/h1,8-10H,3-7H2. The summed E-state index contributed by atoms with van der Waals surface area (Å²) in [6.45, 7) is 0.548. The molecule has 1 fully saturated rings. The normalized spacial score (nSPS) is 28.9. The van der Waals surface area contributed by atoms with Crippen LogP contribution in [0.2, 0.25) is 0 Å². The van der Waals surface area contributed by atoms with Gasteiger partial charge in [-0.15, -0.1) is 12.3 Å². The van der Waals surface area contributed by atoms with Crippen molar-refractivity contribution in [3.8, 4) is 12.3 Å². The number of rotatable bonds is 3. The SMILES string of the molecule is C#CCC1CCC(OC=O)CC1. The minimum absolute atomic E-state index is 0.150. The van der Waals surface area contributed by atoms with Gasteiger partial charge < -0.3 is 4.74 Å². The first-order valence-corrected chi connectivity index (χ1v) is 4.39. The predicted octanol–water partition coefficient (Wildman–Crippen LogP) is 1.74. The summed E-state index contributed by atoms with van der Waals surface area (Å²) in [5, 5.41) is 0. The molecule has 0 aliphatic heterocycles. The molecule has 0 spiro atoms. The van der Waals surface area contributed by atoms with E-state index in [1.54, 1.807) is 0 Å². The lowest BCUT2D eigenvalue weighted by atomic mass is 9.85. The smallest absolute Gasteiger partial charge is 0.293 e. The molecular formula is C10H14O2. The van der Waals surface area contributed by atoms with Crippen LogP contribution in [-0.4, -0.2) is 12.6 Å². The molecule has 1 aliphatic carbocycles. The highest BCUT2D eigenvalue weighted by Gasteiger charge is 2.20. The van der Waals surface area contributed by atoms with Crippen LogP contribution in [-0.2, 0) is 9.53 Å². The van der Waals surface area contributed by atoms with Gasteiger partial charge in [0.2, 0.25) is 0 Å². The molecule has 0 aromatic rings. The summed E-state index contributed by atoms with van der Waals surface area (Å²) < 4.78 is 4.88. The zero-order chi connectivity index (χ0) is 8.81. The third-order valence-corrected chi connectivity index (χ3v) is 2.45. The van der Waals surface area contributed by atoms with Gasteiger partial charge in [-0.2, -0.15) is 0 Å². The molecule has 0 aromatic heterocycles. The first kappa shape index (κ1) is 9.12. The highest BCUT2D eigenvalue weighted by atomic mass is 16.5. The second-order valence-electron chi connectivity index (χ2n) is 3.28. The fourth-order valence-electron chi connectivity index (χ4n) is 1.72. The van der Waals surface area contributed by atoms with Crippen LogP contribution < -0.4 is 0 Å². The first-order chi connectivity index (χ1) is 5.86. The van der Waals surface area contributed by atoms with Gasteiger partial charge in [-0.25, -0.2) is 0 Å². The third-order valence-electron chi connectivity index (χ3n) is 2.45. The van der Waals surface area contributed by atoms with E-state index in [-0.39, 0.29) is 6.10 Å². The molecule has 2 heteroatoms. The molecule has 0 heterocycles. The van der Waals surface area contributed by atoms with Crippen LogP contribution in [0.1, 0.15) is 32.1 Å². The van der Waals surface area contributed by atoms with E-state index in [1.165, 1.54) is 0 Å². The highest BCUT2D eigenvalue weighted by Crippen LogP contribution is 2.27. The Kier molecular flexibility index (Phi) is 3.66. The van der Waals surface area contributed by atoms with Crippen molar-refractivity contribution < 1.29 is 9.53 Å². The van der Waals surface area contributed by atoms with Gasteiger partial charge in [0.15, 0.2) is 0 Å². The van der Waals surface area contributed by atoms with E-state index in [2.05, 4.69) is 5.92 Å². The summed E-state index contributed by atoms with van der Waals surface area (Å²) in [4.78, 5) is 10.0. The molecular weight excluding hydrogens is 152 g/mol. The van der Waals surface area contributed by atoms with Gasteiger partial charge in [0.25, 0.3) is 6.47 Å². The maximum atomic E-state index is 10.0. The van der Waals surface area contributed by atoms with Crippen LogP contribution in [0.25, 0.3) is 0 Å². The second kappa shape index (κ2) is 4.82. The predicted molar refractivity (Wildman–Crippen MR) is 46.3 cm³/mol. The summed E-state index contributed by atoms with van der Waals surface area (Å²) in [5.74, 6) is 3.33. The van der Waals surface area contributed by atoms with E-state index in [0.717, 1.165) is 32.1 Å². The van der Waals surface area contributed by atoms with Crippen LogP contribution in [0.3, 0.4) is 0 Å². The Balaban J connectivity index is 2.21. The Morgan fingerprint density at radius 3 is 2.58 bits per heavy atom. The lowest BCUT2D eigenvalue weighted by Gasteiger charge is -2.25. The lowest BCUT2D eigenvalue weighted by Crippen LogP contribution is -2.20. The molecule has 0 saturated heterocycles. The topological polar surface area (TPSA) is 26.3 Å². The van der Waals surface area contributed by atoms with Crippen molar-refractivity contribution in [2.45, 2.75) is 38.2 Å². The van der Waals surface area contributed by atoms with Crippen molar-refractivity contribution in [3.63, 3.8) is 0 Å². The van der Waals surface area contributed by atoms with E-state index in [4.69, 9.17) is 11.2 Å². The van der Waals surface area contributed by atoms with Crippen molar-refractivity contribution in [1.82, 2.24) is 0 Å². The number of carbonyl (C=O) groups excluding carboxylic acids is 1. The monoisotopic (exact) mass is 166 g/mol. The Bertz CT molecular complexity index is 173. The van der Waals surface area contributed by atoms with Gasteiger partial charge in [-0.3, -0.25) is 4.79 Å². The average molecular weight is 166 g/mol. The maximum absolute atomic E-state index is 10.0. The van der Waals surface area contributed by atoms with Crippen molar-refractivity contribution in [1.29, 1.82) is 0 Å². The zero-order valence-electron chi connectivity index (χ0n) is 7.16. The van der Waals surface area contributed by atoms with Crippen LogP contribution >= 0.6 is 0 Å². The van der Waals surface area contributed by atoms with Gasteiger partial charge in [-0.1, -0.05) is 0 Å². The van der Waals surface area contributed by atoms with Crippen LogP contribution in [0, 0.1) is 18.3 Å². The van der Waals surface area contributed by atoms with Crippen LogP contribution in [0.5, 0.6) is 0 Å². The van der Waals surface area contributed by atoms with Crippen LogP contribution in [0.4, 0.5) is 0 Å². The molecule has 0 N–H and O–H groups in total. The molecule has 0 unspecified atom stereocenters. The molecule has 1 aliphatic rings. The number of ether oxygens (including phenoxy) is 1. The molecule has 0 radical (unpaired) electrons. The third kappa shape index (κ3) is 2.58.